The highest BCUT2D eigenvalue weighted by molar-refractivity contribution is 5.96. The number of carbonyl (C=O) groups is 1. The van der Waals surface area contributed by atoms with E-state index in [1.807, 2.05) is 25.1 Å². The fourth-order valence-electron chi connectivity index (χ4n) is 2.29. The van der Waals surface area contributed by atoms with Gasteiger partial charge < -0.3 is 20.1 Å². The van der Waals surface area contributed by atoms with Crippen LogP contribution in [0.5, 0.6) is 0 Å². The number of carbonyl (C=O) groups excluding carboxylic acids is 1. The van der Waals surface area contributed by atoms with E-state index in [4.69, 9.17) is 15.2 Å². The van der Waals surface area contributed by atoms with Crippen molar-refractivity contribution in [3.63, 3.8) is 0 Å². The number of ether oxygens (including phenoxy) is 2. The van der Waals surface area contributed by atoms with Crippen molar-refractivity contribution in [2.45, 2.75) is 25.4 Å². The molecule has 1 atom stereocenters. The van der Waals surface area contributed by atoms with E-state index in [1.54, 1.807) is 12.1 Å². The number of esters is 1. The molecule has 110 valence electrons. The van der Waals surface area contributed by atoms with E-state index in [1.165, 1.54) is 0 Å². The van der Waals surface area contributed by atoms with Gasteiger partial charge in [-0.3, -0.25) is 0 Å². The van der Waals surface area contributed by atoms with Crippen LogP contribution in [-0.4, -0.2) is 39.4 Å². The summed E-state index contributed by atoms with van der Waals surface area (Å²) >= 11 is 0. The Hall–Kier alpha value is -1.75. The lowest BCUT2D eigenvalue weighted by atomic mass is 10.1. The van der Waals surface area contributed by atoms with Gasteiger partial charge in [-0.2, -0.15) is 0 Å². The molecule has 0 bridgehead atoms. The highest BCUT2D eigenvalue weighted by Gasteiger charge is 2.19. The highest BCUT2D eigenvalue weighted by Crippen LogP contribution is 2.23. The second-order valence-corrected chi connectivity index (χ2v) is 5.26. The van der Waals surface area contributed by atoms with Crippen molar-refractivity contribution >= 4 is 17.3 Å². The molecule has 0 amide bonds. The van der Waals surface area contributed by atoms with Gasteiger partial charge in [-0.05, 0) is 37.5 Å². The van der Waals surface area contributed by atoms with Crippen LogP contribution >= 0.6 is 0 Å². The average Bonchev–Trinajstić information content (AvgIpc) is 2.45. The van der Waals surface area contributed by atoms with Crippen molar-refractivity contribution < 1.29 is 14.3 Å². The lowest BCUT2D eigenvalue weighted by Crippen LogP contribution is -2.26. The summed E-state index contributed by atoms with van der Waals surface area (Å²) in [4.78, 5) is 14.1. The van der Waals surface area contributed by atoms with Crippen molar-refractivity contribution in [1.82, 2.24) is 0 Å². The molecule has 1 unspecified atom stereocenters. The van der Waals surface area contributed by atoms with Crippen LogP contribution in [-0.2, 0) is 9.47 Å². The Morgan fingerprint density at radius 1 is 1.45 bits per heavy atom. The monoisotopic (exact) mass is 278 g/mol. The molecule has 0 aromatic heterocycles. The van der Waals surface area contributed by atoms with E-state index < -0.39 is 0 Å². The van der Waals surface area contributed by atoms with E-state index in [0.29, 0.717) is 17.9 Å². The second-order valence-electron chi connectivity index (χ2n) is 5.26. The Bertz CT molecular complexity index is 468. The van der Waals surface area contributed by atoms with Crippen LogP contribution in [0, 0.1) is 0 Å². The molecule has 0 spiro atoms. The van der Waals surface area contributed by atoms with Gasteiger partial charge in [0.1, 0.15) is 6.61 Å². The molecule has 1 aromatic rings. The quantitative estimate of drug-likeness (QED) is 0.674. The van der Waals surface area contributed by atoms with Crippen LogP contribution in [0.1, 0.15) is 29.6 Å². The molecule has 2 N–H and O–H groups in total. The van der Waals surface area contributed by atoms with Crippen LogP contribution < -0.4 is 10.6 Å². The Labute approximate surface area is 119 Å². The molecule has 0 aliphatic carbocycles. The van der Waals surface area contributed by atoms with Gasteiger partial charge in [-0.15, -0.1) is 0 Å². The molecular weight excluding hydrogens is 256 g/mol. The maximum absolute atomic E-state index is 12.2. The molecule has 0 radical (unpaired) electrons. The zero-order chi connectivity index (χ0) is 14.5. The van der Waals surface area contributed by atoms with Gasteiger partial charge in [0.05, 0.1) is 17.4 Å². The SMILES string of the molecule is CN(C)c1ccc(N)cc1C(=O)OCC1CCCCO1. The zero-order valence-electron chi connectivity index (χ0n) is 12.1. The zero-order valence-corrected chi connectivity index (χ0v) is 12.1. The predicted octanol–water partition coefficient (Wildman–Crippen LogP) is 2.06. The van der Waals surface area contributed by atoms with Crippen molar-refractivity contribution in [3.05, 3.63) is 23.8 Å². The van der Waals surface area contributed by atoms with E-state index in [2.05, 4.69) is 0 Å². The molecule has 1 saturated heterocycles. The first-order chi connectivity index (χ1) is 9.58. The summed E-state index contributed by atoms with van der Waals surface area (Å²) < 4.78 is 10.9. The van der Waals surface area contributed by atoms with Crippen molar-refractivity contribution in [1.29, 1.82) is 0 Å². The average molecular weight is 278 g/mol. The fourth-order valence-corrected chi connectivity index (χ4v) is 2.29. The molecule has 0 saturated carbocycles. The molecule has 1 aromatic carbocycles. The minimum Gasteiger partial charge on any atom is -0.459 e. The Balaban J connectivity index is 2.02. The topological polar surface area (TPSA) is 64.8 Å². The third-order valence-electron chi connectivity index (χ3n) is 3.40. The normalized spacial score (nSPS) is 18.6. The predicted molar refractivity (Wildman–Crippen MR) is 79.1 cm³/mol. The van der Waals surface area contributed by atoms with Gasteiger partial charge in [0.2, 0.25) is 0 Å². The van der Waals surface area contributed by atoms with Crippen LogP contribution in [0.15, 0.2) is 18.2 Å². The van der Waals surface area contributed by atoms with Gasteiger partial charge >= 0.3 is 5.97 Å². The minimum absolute atomic E-state index is 0.0246. The lowest BCUT2D eigenvalue weighted by molar-refractivity contribution is -0.0300. The molecule has 5 heteroatoms. The largest absolute Gasteiger partial charge is 0.459 e. The van der Waals surface area contributed by atoms with Crippen LogP contribution in [0.4, 0.5) is 11.4 Å². The summed E-state index contributed by atoms with van der Waals surface area (Å²) in [6.45, 7) is 1.06. The molecular formula is C15H22N2O3. The molecule has 1 fully saturated rings. The first-order valence-electron chi connectivity index (χ1n) is 6.93. The van der Waals surface area contributed by atoms with Gasteiger partial charge in [0, 0.05) is 26.4 Å². The summed E-state index contributed by atoms with van der Waals surface area (Å²) in [6.07, 6.45) is 3.19. The van der Waals surface area contributed by atoms with E-state index in [-0.39, 0.29) is 12.1 Å². The summed E-state index contributed by atoms with van der Waals surface area (Å²) in [5.74, 6) is -0.352. The number of benzene rings is 1. The maximum atomic E-state index is 12.2. The molecule has 1 heterocycles. The molecule has 20 heavy (non-hydrogen) atoms. The van der Waals surface area contributed by atoms with Crippen LogP contribution in [0.2, 0.25) is 0 Å². The smallest absolute Gasteiger partial charge is 0.340 e. The molecule has 1 aliphatic rings. The van der Waals surface area contributed by atoms with E-state index in [9.17, 15) is 4.79 Å². The Morgan fingerprint density at radius 3 is 2.90 bits per heavy atom. The summed E-state index contributed by atoms with van der Waals surface area (Å²) in [6, 6.07) is 5.25. The molecule has 2 rings (SSSR count). The number of nitrogens with zero attached hydrogens (tertiary/aromatic N) is 1. The van der Waals surface area contributed by atoms with Crippen LogP contribution in [0.25, 0.3) is 0 Å². The summed E-state index contributed by atoms with van der Waals surface area (Å²) in [5.41, 5.74) is 7.60. The minimum atomic E-state index is -0.352. The van der Waals surface area contributed by atoms with Gasteiger partial charge in [0.15, 0.2) is 0 Å². The lowest BCUT2D eigenvalue weighted by Gasteiger charge is -2.23. The van der Waals surface area contributed by atoms with Crippen molar-refractivity contribution in [2.24, 2.45) is 0 Å². The van der Waals surface area contributed by atoms with E-state index in [0.717, 1.165) is 31.6 Å². The fraction of sp³-hybridized carbons (Fsp3) is 0.533. The van der Waals surface area contributed by atoms with Gasteiger partial charge in [-0.25, -0.2) is 4.79 Å². The molecule has 5 nitrogen and oxygen atoms in total. The van der Waals surface area contributed by atoms with Gasteiger partial charge in [-0.1, -0.05) is 0 Å². The first kappa shape index (κ1) is 14.7. The molecule has 1 aliphatic heterocycles. The first-order valence-corrected chi connectivity index (χ1v) is 6.93. The van der Waals surface area contributed by atoms with Crippen molar-refractivity contribution in [3.8, 4) is 0 Å². The third-order valence-corrected chi connectivity index (χ3v) is 3.40. The van der Waals surface area contributed by atoms with Crippen molar-refractivity contribution in [2.75, 3.05) is 37.9 Å². The number of nitrogens with two attached hydrogens (primary N) is 1. The number of anilines is 2. The van der Waals surface area contributed by atoms with E-state index >= 15 is 0 Å². The maximum Gasteiger partial charge on any atom is 0.340 e. The number of hydrogen-bond acceptors (Lipinski definition) is 5. The standard InChI is InChI=1S/C15H22N2O3/c1-17(2)14-7-6-11(16)9-13(14)15(18)20-10-12-5-3-4-8-19-12/h6-7,9,12H,3-5,8,10,16H2,1-2H3. The second kappa shape index (κ2) is 6.61. The number of hydrogen-bond donors (Lipinski definition) is 1. The number of nitrogen functional groups attached to an aromatic ring is 1. The highest BCUT2D eigenvalue weighted by atomic mass is 16.6. The third kappa shape index (κ3) is 3.63. The van der Waals surface area contributed by atoms with Crippen LogP contribution in [0.3, 0.4) is 0 Å². The Kier molecular flexibility index (Phi) is 4.84. The number of rotatable bonds is 4. The van der Waals surface area contributed by atoms with Gasteiger partial charge in [0.25, 0.3) is 0 Å². The summed E-state index contributed by atoms with van der Waals surface area (Å²) in [5, 5.41) is 0. The Morgan fingerprint density at radius 2 is 2.25 bits per heavy atom. The summed E-state index contributed by atoms with van der Waals surface area (Å²) in [7, 11) is 3.76.